The molecule has 1 aromatic carbocycles. The van der Waals surface area contributed by atoms with Crippen LogP contribution in [0.3, 0.4) is 0 Å². The number of hydrogen-bond donors (Lipinski definition) is 2. The van der Waals surface area contributed by atoms with Crippen LogP contribution in [0.1, 0.15) is 5.56 Å². The van der Waals surface area contributed by atoms with Gasteiger partial charge in [0, 0.05) is 11.6 Å². The third kappa shape index (κ3) is 2.56. The van der Waals surface area contributed by atoms with Gasteiger partial charge in [-0.3, -0.25) is 4.40 Å². The van der Waals surface area contributed by atoms with Crippen molar-refractivity contribution in [2.75, 3.05) is 4.72 Å². The third-order valence-electron chi connectivity index (χ3n) is 3.90. The molecule has 0 spiro atoms. The summed E-state index contributed by atoms with van der Waals surface area (Å²) in [5.74, 6) is -0.00152. The number of benzene rings is 1. The Morgan fingerprint density at radius 3 is 2.64 bits per heavy atom. The zero-order chi connectivity index (χ0) is 17.6. The van der Waals surface area contributed by atoms with Crippen molar-refractivity contribution in [3.05, 3.63) is 60.4 Å². The van der Waals surface area contributed by atoms with E-state index in [1.807, 2.05) is 13.0 Å². The highest BCUT2D eigenvalue weighted by Gasteiger charge is 2.19. The predicted octanol–water partition coefficient (Wildman–Crippen LogP) is 2.70. The summed E-state index contributed by atoms with van der Waals surface area (Å²) in [5, 5.41) is 10.8. The summed E-state index contributed by atoms with van der Waals surface area (Å²) in [6.45, 7) is 1.88. The number of anilines is 1. The Kier molecular flexibility index (Phi) is 3.36. The number of aromatic hydroxyl groups is 1. The van der Waals surface area contributed by atoms with Gasteiger partial charge in [-0.05, 0) is 37.3 Å². The molecule has 0 fully saturated rings. The van der Waals surface area contributed by atoms with E-state index in [9.17, 15) is 13.5 Å². The largest absolute Gasteiger partial charge is 0.504 e. The van der Waals surface area contributed by atoms with E-state index in [0.29, 0.717) is 11.2 Å². The fourth-order valence-corrected chi connectivity index (χ4v) is 3.65. The number of pyridine rings is 1. The number of fused-ring (bicyclic) bond motifs is 3. The molecule has 126 valence electrons. The Labute approximate surface area is 143 Å². The lowest BCUT2D eigenvalue weighted by molar-refractivity contribution is 0.476. The first kappa shape index (κ1) is 15.4. The molecule has 0 amide bonds. The highest BCUT2D eigenvalue weighted by atomic mass is 32.2. The standard InChI is InChI=1S/C17H14N4O3S/c1-11-4-6-13(7-5-11)25(23,24)20-17-19-10-15(22)14-9-12-3-2-8-18-16(12)21(14)17/h2-10,22H,1H3,(H,19,20). The minimum Gasteiger partial charge on any atom is -0.504 e. The Bertz CT molecular complexity index is 1200. The lowest BCUT2D eigenvalue weighted by Crippen LogP contribution is -2.16. The van der Waals surface area contributed by atoms with Crippen LogP contribution in [0.4, 0.5) is 5.95 Å². The lowest BCUT2D eigenvalue weighted by atomic mass is 10.2. The maximum atomic E-state index is 12.7. The highest BCUT2D eigenvalue weighted by Crippen LogP contribution is 2.28. The molecule has 3 heterocycles. The number of nitrogens with zero attached hydrogens (tertiary/aromatic N) is 3. The fraction of sp³-hybridized carbons (Fsp3) is 0.0588. The van der Waals surface area contributed by atoms with Crippen molar-refractivity contribution >= 4 is 32.5 Å². The topological polar surface area (TPSA) is 96.6 Å². The molecule has 0 aliphatic carbocycles. The predicted molar refractivity (Wildman–Crippen MR) is 94.1 cm³/mol. The van der Waals surface area contributed by atoms with E-state index in [1.165, 1.54) is 22.7 Å². The summed E-state index contributed by atoms with van der Waals surface area (Å²) >= 11 is 0. The van der Waals surface area contributed by atoms with Crippen LogP contribution in [-0.4, -0.2) is 27.9 Å². The molecule has 8 heteroatoms. The number of aromatic nitrogens is 3. The average Bonchev–Trinajstić information content (AvgIpc) is 2.98. The minimum atomic E-state index is -3.82. The SMILES string of the molecule is Cc1ccc(S(=O)(=O)Nc2ncc(O)c3cc4cccnc4n23)cc1. The molecule has 0 aliphatic heterocycles. The minimum absolute atomic E-state index is 0.0575. The van der Waals surface area contributed by atoms with Gasteiger partial charge in [-0.15, -0.1) is 0 Å². The average molecular weight is 354 g/mol. The summed E-state index contributed by atoms with van der Waals surface area (Å²) in [4.78, 5) is 8.43. The smallest absolute Gasteiger partial charge is 0.264 e. The molecule has 0 aliphatic rings. The van der Waals surface area contributed by atoms with Crippen molar-refractivity contribution in [1.29, 1.82) is 0 Å². The maximum absolute atomic E-state index is 12.7. The molecule has 3 aromatic heterocycles. The van der Waals surface area contributed by atoms with E-state index in [4.69, 9.17) is 0 Å². The van der Waals surface area contributed by atoms with Crippen molar-refractivity contribution in [1.82, 2.24) is 14.4 Å². The second kappa shape index (κ2) is 5.45. The summed E-state index contributed by atoms with van der Waals surface area (Å²) in [5.41, 5.74) is 1.89. The second-order valence-corrected chi connectivity index (χ2v) is 7.35. The van der Waals surface area contributed by atoms with Gasteiger partial charge < -0.3 is 5.11 Å². The van der Waals surface area contributed by atoms with Gasteiger partial charge >= 0.3 is 0 Å². The number of rotatable bonds is 3. The van der Waals surface area contributed by atoms with Crippen molar-refractivity contribution in [2.24, 2.45) is 0 Å². The molecule has 0 bridgehead atoms. The van der Waals surface area contributed by atoms with E-state index in [2.05, 4.69) is 14.7 Å². The van der Waals surface area contributed by atoms with Gasteiger partial charge in [0.15, 0.2) is 5.75 Å². The molecule has 4 rings (SSSR count). The van der Waals surface area contributed by atoms with Gasteiger partial charge in [-0.25, -0.2) is 23.1 Å². The van der Waals surface area contributed by atoms with Gasteiger partial charge in [0.2, 0.25) is 5.95 Å². The second-order valence-electron chi connectivity index (χ2n) is 5.67. The van der Waals surface area contributed by atoms with Gasteiger partial charge in [0.1, 0.15) is 5.65 Å². The molecule has 0 atom stereocenters. The zero-order valence-corrected chi connectivity index (χ0v) is 14.0. The van der Waals surface area contributed by atoms with Gasteiger partial charge in [-0.1, -0.05) is 17.7 Å². The van der Waals surface area contributed by atoms with Gasteiger partial charge in [-0.2, -0.15) is 0 Å². The Balaban J connectivity index is 1.90. The van der Waals surface area contributed by atoms with Crippen LogP contribution in [0, 0.1) is 6.92 Å². The van der Waals surface area contributed by atoms with Crippen LogP contribution in [0.2, 0.25) is 0 Å². The normalized spacial score (nSPS) is 11.9. The summed E-state index contributed by atoms with van der Waals surface area (Å²) < 4.78 is 29.3. The molecule has 25 heavy (non-hydrogen) atoms. The van der Waals surface area contributed by atoms with E-state index in [1.54, 1.807) is 30.5 Å². The van der Waals surface area contributed by atoms with Gasteiger partial charge in [0.25, 0.3) is 10.0 Å². The first-order valence-corrected chi connectivity index (χ1v) is 8.98. The molecular formula is C17H14N4O3S. The zero-order valence-electron chi connectivity index (χ0n) is 13.2. The van der Waals surface area contributed by atoms with E-state index in [-0.39, 0.29) is 16.6 Å². The van der Waals surface area contributed by atoms with E-state index < -0.39 is 10.0 Å². The first-order chi connectivity index (χ1) is 12.0. The van der Waals surface area contributed by atoms with Crippen LogP contribution in [0.5, 0.6) is 5.75 Å². The molecule has 0 saturated heterocycles. The number of nitrogens with one attached hydrogen (secondary N) is 1. The van der Waals surface area contributed by atoms with Crippen LogP contribution in [0.15, 0.2) is 59.8 Å². The number of sulfonamides is 1. The Morgan fingerprint density at radius 2 is 1.88 bits per heavy atom. The maximum Gasteiger partial charge on any atom is 0.264 e. The van der Waals surface area contributed by atoms with Crippen LogP contribution < -0.4 is 4.72 Å². The van der Waals surface area contributed by atoms with Crippen LogP contribution in [-0.2, 0) is 10.0 Å². The molecular weight excluding hydrogens is 340 g/mol. The summed E-state index contributed by atoms with van der Waals surface area (Å²) in [6, 6.07) is 11.8. The van der Waals surface area contributed by atoms with Crippen LogP contribution >= 0.6 is 0 Å². The first-order valence-electron chi connectivity index (χ1n) is 7.49. The quantitative estimate of drug-likeness (QED) is 0.590. The van der Waals surface area contributed by atoms with Crippen LogP contribution in [0.25, 0.3) is 16.6 Å². The summed E-state index contributed by atoms with van der Waals surface area (Å²) in [6.07, 6.45) is 2.80. The fourth-order valence-electron chi connectivity index (χ4n) is 2.65. The molecule has 2 N–H and O–H groups in total. The van der Waals surface area contributed by atoms with Crippen molar-refractivity contribution in [2.45, 2.75) is 11.8 Å². The number of hydrogen-bond acceptors (Lipinski definition) is 5. The molecule has 0 radical (unpaired) electrons. The van der Waals surface area contributed by atoms with Crippen molar-refractivity contribution < 1.29 is 13.5 Å². The van der Waals surface area contributed by atoms with E-state index >= 15 is 0 Å². The molecule has 0 unspecified atom stereocenters. The van der Waals surface area contributed by atoms with Gasteiger partial charge in [0.05, 0.1) is 16.6 Å². The molecule has 4 aromatic rings. The Morgan fingerprint density at radius 1 is 1.12 bits per heavy atom. The molecule has 0 saturated carbocycles. The highest BCUT2D eigenvalue weighted by molar-refractivity contribution is 7.92. The lowest BCUT2D eigenvalue weighted by Gasteiger charge is -2.10. The number of aryl methyl sites for hydroxylation is 1. The van der Waals surface area contributed by atoms with Crippen molar-refractivity contribution in [3.63, 3.8) is 0 Å². The monoisotopic (exact) mass is 354 g/mol. The Hall–Kier alpha value is -3.13. The van der Waals surface area contributed by atoms with E-state index in [0.717, 1.165) is 10.9 Å². The molecule has 7 nitrogen and oxygen atoms in total. The summed E-state index contributed by atoms with van der Waals surface area (Å²) in [7, 11) is -3.82. The third-order valence-corrected chi connectivity index (χ3v) is 5.25. The van der Waals surface area contributed by atoms with Crippen molar-refractivity contribution in [3.8, 4) is 5.75 Å².